The third kappa shape index (κ3) is 3.59. The number of carbonyl (C=O) groups is 1. The Morgan fingerprint density at radius 2 is 2.05 bits per heavy atom. The molecule has 0 aliphatic carbocycles. The van der Waals surface area contributed by atoms with Crippen LogP contribution in [-0.2, 0) is 15.9 Å². The molecule has 0 saturated heterocycles. The van der Waals surface area contributed by atoms with Crippen LogP contribution in [0.5, 0.6) is 0 Å². The average molecular weight is 311 g/mol. The monoisotopic (exact) mass is 311 g/mol. The Kier molecular flexibility index (Phi) is 4.27. The van der Waals surface area contributed by atoms with E-state index in [1.54, 1.807) is 0 Å². The largest absolute Gasteiger partial charge is 0.618 e. The Bertz CT molecular complexity index is 651. The molecule has 10 heteroatoms. The number of carbonyl (C=O) groups excluding carboxylic acids is 1. The maximum atomic E-state index is 12.4. The molecule has 0 bridgehead atoms. The average Bonchev–Trinajstić information content (AvgIpc) is 2.24. The number of alkyl halides is 3. The predicted octanol–water partition coefficient (Wildman–Crippen LogP) is 1.58. The second-order valence-electron chi connectivity index (χ2n) is 4.10. The second kappa shape index (κ2) is 5.27. The van der Waals surface area contributed by atoms with Crippen LogP contribution in [0.15, 0.2) is 22.7 Å². The molecule has 2 amide bonds. The summed E-state index contributed by atoms with van der Waals surface area (Å²) in [7, 11) is -3.11. The summed E-state index contributed by atoms with van der Waals surface area (Å²) in [4.78, 5) is 10.7. The molecular weight excluding hydrogens is 299 g/mol. The fourth-order valence-corrected chi connectivity index (χ4v) is 2.63. The van der Waals surface area contributed by atoms with Crippen LogP contribution in [0.1, 0.15) is 23.4 Å². The lowest BCUT2D eigenvalue weighted by Crippen LogP contribution is -2.37. The lowest BCUT2D eigenvalue weighted by molar-refractivity contribution is -0.629. The van der Waals surface area contributed by atoms with Gasteiger partial charge in [-0.25, -0.2) is 9.00 Å². The first-order valence-corrected chi connectivity index (χ1v) is 7.24. The highest BCUT2D eigenvalue weighted by Crippen LogP contribution is 2.28. The molecule has 112 valence electrons. The number of hydrogen-bond acceptors (Lipinski definition) is 3. The van der Waals surface area contributed by atoms with E-state index in [-0.39, 0.29) is 10.3 Å². The fraction of sp³-hybridized carbons (Fsp3) is 0.400. The predicted molar refractivity (Wildman–Crippen MR) is 64.9 cm³/mol. The van der Waals surface area contributed by atoms with Crippen LogP contribution in [0.2, 0.25) is 0 Å². The molecule has 1 aromatic heterocycles. The van der Waals surface area contributed by atoms with Crippen LogP contribution >= 0.6 is 0 Å². The Hall–Kier alpha value is -1.84. The summed E-state index contributed by atoms with van der Waals surface area (Å²) in [6.07, 6.45) is -2.99. The summed E-state index contributed by atoms with van der Waals surface area (Å²) in [5.41, 5.74) is 3.48. The highest BCUT2D eigenvalue weighted by Gasteiger charge is 2.40. The number of halogens is 3. The molecule has 1 aromatic rings. The van der Waals surface area contributed by atoms with Crippen LogP contribution in [-0.4, -0.2) is 16.5 Å². The standard InChI is InChI=1S/C10H12F3N3O3S/c1-6(20(2,19)15-9(14)17)7-3-4-8(10(11,12)13)16(18)5-7/h3-6H,1-2H3,(H2,14,17). The molecular formula is C10H12F3N3O3S. The van der Waals surface area contributed by atoms with Crippen molar-refractivity contribution in [2.75, 3.05) is 6.26 Å². The Morgan fingerprint density at radius 1 is 1.50 bits per heavy atom. The zero-order chi connectivity index (χ0) is 15.7. The van der Waals surface area contributed by atoms with E-state index in [0.29, 0.717) is 12.3 Å². The van der Waals surface area contributed by atoms with Crippen LogP contribution in [0, 0.1) is 5.21 Å². The molecule has 0 fully saturated rings. The van der Waals surface area contributed by atoms with Gasteiger partial charge in [-0.1, -0.05) is 0 Å². The molecule has 1 heterocycles. The molecule has 20 heavy (non-hydrogen) atoms. The quantitative estimate of drug-likeness (QED) is 0.663. The highest BCUT2D eigenvalue weighted by atomic mass is 32.2. The molecule has 0 aliphatic rings. The van der Waals surface area contributed by atoms with Gasteiger partial charge in [0.2, 0.25) is 0 Å². The van der Waals surface area contributed by atoms with Crippen molar-refractivity contribution in [1.29, 1.82) is 0 Å². The van der Waals surface area contributed by atoms with Gasteiger partial charge >= 0.3 is 12.2 Å². The van der Waals surface area contributed by atoms with Crippen LogP contribution in [0.25, 0.3) is 0 Å². The van der Waals surface area contributed by atoms with E-state index < -0.39 is 32.9 Å². The third-order valence-corrected chi connectivity index (χ3v) is 4.75. The van der Waals surface area contributed by atoms with E-state index in [1.165, 1.54) is 6.92 Å². The molecule has 6 nitrogen and oxygen atoms in total. The van der Waals surface area contributed by atoms with Crippen molar-refractivity contribution in [3.8, 4) is 0 Å². The topological polar surface area (TPSA) is 99.5 Å². The SMILES string of the molecule is CC(c1ccc(C(F)(F)F)[n+]([O-])c1)S(C)(=O)=NC(N)=O. The van der Waals surface area contributed by atoms with E-state index in [0.717, 1.165) is 12.3 Å². The Balaban J connectivity index is 3.27. The normalized spacial score (nSPS) is 16.2. The minimum Gasteiger partial charge on any atom is -0.618 e. The van der Waals surface area contributed by atoms with E-state index in [4.69, 9.17) is 5.73 Å². The number of nitrogens with zero attached hydrogens (tertiary/aromatic N) is 2. The minimum absolute atomic E-state index is 0.0606. The Morgan fingerprint density at radius 3 is 2.45 bits per heavy atom. The first kappa shape index (κ1) is 16.2. The van der Waals surface area contributed by atoms with Gasteiger partial charge in [0.1, 0.15) is 0 Å². The summed E-state index contributed by atoms with van der Waals surface area (Å²) < 4.78 is 52.2. The first-order chi connectivity index (χ1) is 8.95. The van der Waals surface area contributed by atoms with Gasteiger partial charge in [0.25, 0.3) is 5.69 Å². The minimum atomic E-state index is -4.78. The van der Waals surface area contributed by atoms with Gasteiger partial charge in [-0.3, -0.25) is 0 Å². The van der Waals surface area contributed by atoms with Crippen LogP contribution in [0.3, 0.4) is 0 Å². The van der Waals surface area contributed by atoms with Gasteiger partial charge in [0, 0.05) is 17.9 Å². The number of aromatic nitrogens is 1. The number of urea groups is 1. The first-order valence-electron chi connectivity index (χ1n) is 5.26. The van der Waals surface area contributed by atoms with E-state index >= 15 is 0 Å². The summed E-state index contributed by atoms with van der Waals surface area (Å²) >= 11 is 0. The molecule has 0 aromatic carbocycles. The summed E-state index contributed by atoms with van der Waals surface area (Å²) in [6, 6.07) is 0.450. The lowest BCUT2D eigenvalue weighted by Gasteiger charge is -2.14. The molecule has 2 atom stereocenters. The van der Waals surface area contributed by atoms with Crippen molar-refractivity contribution in [2.45, 2.75) is 18.3 Å². The van der Waals surface area contributed by atoms with Crippen molar-refractivity contribution < 1.29 is 26.9 Å². The maximum Gasteiger partial charge on any atom is 0.478 e. The van der Waals surface area contributed by atoms with Gasteiger partial charge in [0.05, 0.1) is 15.0 Å². The van der Waals surface area contributed by atoms with E-state index in [2.05, 4.69) is 4.36 Å². The third-order valence-electron chi connectivity index (χ3n) is 2.62. The molecule has 2 unspecified atom stereocenters. The fourth-order valence-electron chi connectivity index (χ4n) is 1.47. The summed E-state index contributed by atoms with van der Waals surface area (Å²) in [5.74, 6) is 0. The van der Waals surface area contributed by atoms with Gasteiger partial charge in [0.15, 0.2) is 6.20 Å². The number of pyridine rings is 1. The van der Waals surface area contributed by atoms with Crippen molar-refractivity contribution >= 4 is 15.8 Å². The summed E-state index contributed by atoms with van der Waals surface area (Å²) in [6.45, 7) is 1.37. The number of nitrogens with two attached hydrogens (primary N) is 1. The summed E-state index contributed by atoms with van der Waals surface area (Å²) in [5, 5.41) is 10.4. The molecule has 0 saturated carbocycles. The van der Waals surface area contributed by atoms with Gasteiger partial charge in [-0.2, -0.15) is 17.9 Å². The van der Waals surface area contributed by atoms with Crippen molar-refractivity contribution in [3.63, 3.8) is 0 Å². The molecule has 1 rings (SSSR count). The molecule has 0 radical (unpaired) electrons. The van der Waals surface area contributed by atoms with Gasteiger partial charge in [-0.15, -0.1) is 4.36 Å². The number of hydrogen-bond donors (Lipinski definition) is 1. The molecule has 0 aliphatic heterocycles. The number of amides is 2. The van der Waals surface area contributed by atoms with Crippen LogP contribution < -0.4 is 10.5 Å². The smallest absolute Gasteiger partial charge is 0.478 e. The highest BCUT2D eigenvalue weighted by molar-refractivity contribution is 7.93. The molecule has 0 spiro atoms. The van der Waals surface area contributed by atoms with Gasteiger partial charge in [-0.05, 0) is 13.0 Å². The second-order valence-corrected chi connectivity index (χ2v) is 6.72. The van der Waals surface area contributed by atoms with E-state index in [1.807, 2.05) is 0 Å². The van der Waals surface area contributed by atoms with Crippen LogP contribution in [0.4, 0.5) is 18.0 Å². The van der Waals surface area contributed by atoms with Crippen molar-refractivity contribution in [2.24, 2.45) is 10.1 Å². The zero-order valence-corrected chi connectivity index (χ0v) is 11.4. The number of primary amides is 1. The van der Waals surface area contributed by atoms with E-state index in [9.17, 15) is 27.4 Å². The lowest BCUT2D eigenvalue weighted by atomic mass is 10.2. The van der Waals surface area contributed by atoms with Crippen molar-refractivity contribution in [3.05, 3.63) is 34.8 Å². The van der Waals surface area contributed by atoms with Crippen molar-refractivity contribution in [1.82, 2.24) is 0 Å². The maximum absolute atomic E-state index is 12.4. The Labute approximate surface area is 113 Å². The van der Waals surface area contributed by atoms with Gasteiger partial charge < -0.3 is 10.9 Å². The molecule has 2 N–H and O–H groups in total. The number of rotatable bonds is 2. The zero-order valence-electron chi connectivity index (χ0n) is 10.5.